The number of benzene rings is 2. The molecule has 0 spiro atoms. The molecule has 0 saturated heterocycles. The lowest BCUT2D eigenvalue weighted by Gasteiger charge is -2.12. The minimum absolute atomic E-state index is 0.0410. The lowest BCUT2D eigenvalue weighted by molar-refractivity contribution is 0.334. The first-order valence-electron chi connectivity index (χ1n) is 7.15. The molecule has 0 atom stereocenters. The topological polar surface area (TPSA) is 78.1 Å². The highest BCUT2D eigenvalue weighted by Gasteiger charge is 2.19. The Hall–Kier alpha value is -3.15. The van der Waals surface area contributed by atoms with Gasteiger partial charge in [0.25, 0.3) is 0 Å². The first-order chi connectivity index (χ1) is 11.6. The van der Waals surface area contributed by atoms with Crippen LogP contribution in [-0.4, -0.2) is 26.4 Å². The monoisotopic (exact) mass is 328 g/mol. The van der Waals surface area contributed by atoms with Gasteiger partial charge in [0.15, 0.2) is 16.9 Å². The first kappa shape index (κ1) is 15.7. The van der Waals surface area contributed by atoms with Crippen LogP contribution in [0.5, 0.6) is 23.0 Å². The zero-order valence-corrected chi connectivity index (χ0v) is 13.5. The predicted octanol–water partition coefficient (Wildman–Crippen LogP) is 3.19. The minimum atomic E-state index is -0.382. The van der Waals surface area contributed by atoms with Gasteiger partial charge in [-0.3, -0.25) is 4.79 Å². The van der Waals surface area contributed by atoms with Crippen LogP contribution in [0.2, 0.25) is 0 Å². The summed E-state index contributed by atoms with van der Waals surface area (Å²) in [6.45, 7) is 0. The summed E-state index contributed by atoms with van der Waals surface area (Å²) in [5.74, 6) is 1.06. The quantitative estimate of drug-likeness (QED) is 0.792. The third kappa shape index (κ3) is 2.52. The second kappa shape index (κ2) is 6.16. The largest absolute Gasteiger partial charge is 0.504 e. The molecule has 0 aliphatic rings. The molecule has 0 amide bonds. The molecular weight excluding hydrogens is 312 g/mol. The lowest BCUT2D eigenvalue weighted by atomic mass is 10.1. The summed E-state index contributed by atoms with van der Waals surface area (Å²) < 4.78 is 21.3. The summed E-state index contributed by atoms with van der Waals surface area (Å²) in [6, 6.07) is 9.98. The van der Waals surface area contributed by atoms with E-state index in [0.717, 1.165) is 0 Å². The third-order valence-corrected chi connectivity index (χ3v) is 3.69. The normalized spacial score (nSPS) is 10.6. The van der Waals surface area contributed by atoms with E-state index in [2.05, 4.69) is 0 Å². The molecule has 0 bridgehead atoms. The number of aromatic hydroxyl groups is 1. The zero-order valence-electron chi connectivity index (χ0n) is 13.5. The third-order valence-electron chi connectivity index (χ3n) is 3.69. The van der Waals surface area contributed by atoms with Crippen LogP contribution in [0.1, 0.15) is 0 Å². The molecule has 1 aromatic heterocycles. The number of rotatable bonds is 4. The summed E-state index contributed by atoms with van der Waals surface area (Å²) in [5.41, 5.74) is 0.505. The van der Waals surface area contributed by atoms with Gasteiger partial charge in [0.2, 0.25) is 5.75 Å². The van der Waals surface area contributed by atoms with Crippen LogP contribution in [0.3, 0.4) is 0 Å². The van der Waals surface area contributed by atoms with Gasteiger partial charge in [0, 0.05) is 17.7 Å². The average molecular weight is 328 g/mol. The number of phenolic OH excluding ortho intramolecular Hbond substituents is 1. The molecule has 3 aromatic rings. The van der Waals surface area contributed by atoms with Crippen molar-refractivity contribution >= 4 is 11.0 Å². The minimum Gasteiger partial charge on any atom is -0.504 e. The summed E-state index contributed by atoms with van der Waals surface area (Å²) in [5, 5.41) is 10.3. The molecule has 0 aliphatic heterocycles. The highest BCUT2D eigenvalue weighted by atomic mass is 16.5. The maximum Gasteiger partial charge on any atom is 0.204 e. The van der Waals surface area contributed by atoms with E-state index < -0.39 is 0 Å². The van der Waals surface area contributed by atoms with E-state index in [4.69, 9.17) is 18.6 Å². The van der Waals surface area contributed by atoms with Crippen LogP contribution in [0, 0.1) is 0 Å². The molecule has 3 rings (SSSR count). The van der Waals surface area contributed by atoms with Crippen LogP contribution in [0.15, 0.2) is 45.6 Å². The molecule has 1 N–H and O–H groups in total. The molecule has 0 fully saturated rings. The van der Waals surface area contributed by atoms with Gasteiger partial charge >= 0.3 is 0 Å². The van der Waals surface area contributed by atoms with Gasteiger partial charge in [0.05, 0.1) is 21.3 Å². The van der Waals surface area contributed by atoms with Crippen molar-refractivity contribution in [2.75, 3.05) is 21.3 Å². The van der Waals surface area contributed by atoms with Gasteiger partial charge in [-0.05, 0) is 12.1 Å². The molecule has 124 valence electrons. The molecule has 0 radical (unpaired) electrons. The number of hydrogen-bond acceptors (Lipinski definition) is 6. The summed E-state index contributed by atoms with van der Waals surface area (Å²) in [6.07, 6.45) is 0. The van der Waals surface area contributed by atoms with Crippen LogP contribution in [0.25, 0.3) is 22.3 Å². The maximum atomic E-state index is 12.5. The summed E-state index contributed by atoms with van der Waals surface area (Å²) >= 11 is 0. The fraction of sp³-hybridized carbons (Fsp3) is 0.167. The van der Waals surface area contributed by atoms with Crippen molar-refractivity contribution in [3.63, 3.8) is 0 Å². The van der Waals surface area contributed by atoms with Crippen LogP contribution in [-0.2, 0) is 0 Å². The van der Waals surface area contributed by atoms with Crippen molar-refractivity contribution in [2.45, 2.75) is 0 Å². The Morgan fingerprint density at radius 3 is 2.46 bits per heavy atom. The molecule has 0 unspecified atom stereocenters. The highest BCUT2D eigenvalue weighted by Crippen LogP contribution is 2.42. The Labute approximate surface area is 137 Å². The van der Waals surface area contributed by atoms with Crippen molar-refractivity contribution in [3.8, 4) is 34.3 Å². The van der Waals surface area contributed by atoms with Gasteiger partial charge in [-0.15, -0.1) is 0 Å². The fourth-order valence-corrected chi connectivity index (χ4v) is 2.53. The number of methoxy groups -OCH3 is 3. The second-order valence-electron chi connectivity index (χ2n) is 5.04. The highest BCUT2D eigenvalue weighted by molar-refractivity contribution is 5.89. The molecular formula is C18H16O6. The number of fused-ring (bicyclic) bond motifs is 1. The molecule has 6 nitrogen and oxygen atoms in total. The van der Waals surface area contributed by atoms with E-state index in [1.165, 1.54) is 26.4 Å². The van der Waals surface area contributed by atoms with Crippen LogP contribution >= 0.6 is 0 Å². The van der Waals surface area contributed by atoms with Gasteiger partial charge in [-0.2, -0.15) is 0 Å². The standard InChI is InChI=1S/C18H16O6/c1-21-11-6-4-5-10(7-11)13-8-12(19)16-14(24-13)9-15(22-2)18(23-3)17(16)20/h4-9,20H,1-3H3. The van der Waals surface area contributed by atoms with Crippen molar-refractivity contribution in [1.29, 1.82) is 0 Å². The van der Waals surface area contributed by atoms with Crippen molar-refractivity contribution < 1.29 is 23.7 Å². The van der Waals surface area contributed by atoms with E-state index in [9.17, 15) is 9.90 Å². The molecule has 0 aliphatic carbocycles. The lowest BCUT2D eigenvalue weighted by Crippen LogP contribution is -2.03. The molecule has 0 saturated carbocycles. The van der Waals surface area contributed by atoms with E-state index in [1.807, 2.05) is 0 Å². The number of hydrogen-bond donors (Lipinski definition) is 1. The molecule has 1 heterocycles. The van der Waals surface area contributed by atoms with E-state index in [0.29, 0.717) is 17.1 Å². The van der Waals surface area contributed by atoms with Gasteiger partial charge in [-0.1, -0.05) is 12.1 Å². The first-order valence-corrected chi connectivity index (χ1v) is 7.15. The van der Waals surface area contributed by atoms with Crippen LogP contribution in [0.4, 0.5) is 0 Å². The van der Waals surface area contributed by atoms with Crippen molar-refractivity contribution in [1.82, 2.24) is 0 Å². The maximum absolute atomic E-state index is 12.5. The number of phenols is 1. The molecule has 6 heteroatoms. The SMILES string of the molecule is COc1cccc(-c2cc(=O)c3c(O)c(OC)c(OC)cc3o2)c1. The Morgan fingerprint density at radius 1 is 1.00 bits per heavy atom. The Morgan fingerprint density at radius 2 is 1.79 bits per heavy atom. The molecule has 2 aromatic carbocycles. The summed E-state index contributed by atoms with van der Waals surface area (Å²) in [4.78, 5) is 12.5. The van der Waals surface area contributed by atoms with Gasteiger partial charge in [-0.25, -0.2) is 0 Å². The van der Waals surface area contributed by atoms with E-state index in [-0.39, 0.29) is 33.6 Å². The number of ether oxygens (including phenoxy) is 3. The van der Waals surface area contributed by atoms with Crippen molar-refractivity contribution in [3.05, 3.63) is 46.6 Å². The summed E-state index contributed by atoms with van der Waals surface area (Å²) in [7, 11) is 4.38. The Kier molecular flexibility index (Phi) is 4.04. The predicted molar refractivity (Wildman–Crippen MR) is 89.2 cm³/mol. The van der Waals surface area contributed by atoms with Crippen LogP contribution < -0.4 is 19.6 Å². The average Bonchev–Trinajstić information content (AvgIpc) is 2.60. The fourth-order valence-electron chi connectivity index (χ4n) is 2.53. The Bertz CT molecular complexity index is 958. The van der Waals surface area contributed by atoms with E-state index in [1.54, 1.807) is 31.4 Å². The van der Waals surface area contributed by atoms with Gasteiger partial charge < -0.3 is 23.7 Å². The van der Waals surface area contributed by atoms with Crippen molar-refractivity contribution in [2.24, 2.45) is 0 Å². The van der Waals surface area contributed by atoms with E-state index >= 15 is 0 Å². The van der Waals surface area contributed by atoms with Gasteiger partial charge in [0.1, 0.15) is 22.5 Å². The zero-order chi connectivity index (χ0) is 17.3. The smallest absolute Gasteiger partial charge is 0.204 e. The molecule has 24 heavy (non-hydrogen) atoms. The second-order valence-corrected chi connectivity index (χ2v) is 5.04. The Balaban J connectivity index is 2.28.